The summed E-state index contributed by atoms with van der Waals surface area (Å²) >= 11 is 0. The molecule has 8 nitrogen and oxygen atoms in total. The number of hydrogen-bond donors (Lipinski definition) is 0. The van der Waals surface area contributed by atoms with E-state index in [1.165, 1.54) is 0 Å². The van der Waals surface area contributed by atoms with Crippen LogP contribution in [0.1, 0.15) is 17.8 Å². The highest BCUT2D eigenvalue weighted by Gasteiger charge is 2.23. The minimum atomic E-state index is 0.0538. The van der Waals surface area contributed by atoms with Crippen molar-refractivity contribution in [3.63, 3.8) is 0 Å². The van der Waals surface area contributed by atoms with E-state index >= 15 is 0 Å². The zero-order valence-corrected chi connectivity index (χ0v) is 17.2. The van der Waals surface area contributed by atoms with Gasteiger partial charge in [0.15, 0.2) is 0 Å². The molecule has 0 saturated carbocycles. The summed E-state index contributed by atoms with van der Waals surface area (Å²) in [6.07, 6.45) is 8.97. The average Bonchev–Trinajstić information content (AvgIpc) is 3.27. The van der Waals surface area contributed by atoms with Crippen LogP contribution in [0.15, 0.2) is 61.2 Å². The highest BCUT2D eigenvalue weighted by atomic mass is 16.2. The van der Waals surface area contributed by atoms with Crippen LogP contribution >= 0.6 is 0 Å². The highest BCUT2D eigenvalue weighted by molar-refractivity contribution is 5.80. The maximum atomic E-state index is 12.8. The van der Waals surface area contributed by atoms with E-state index in [0.29, 0.717) is 26.2 Å². The van der Waals surface area contributed by atoms with Gasteiger partial charge in [0.2, 0.25) is 11.8 Å². The quantitative estimate of drug-likeness (QED) is 0.509. The first kappa shape index (κ1) is 19.3. The number of amides is 2. The number of hydrogen-bond acceptors (Lipinski definition) is 4. The zero-order valence-electron chi connectivity index (χ0n) is 17.2. The fourth-order valence-corrected chi connectivity index (χ4v) is 4.09. The first-order valence-corrected chi connectivity index (χ1v) is 10.6. The molecule has 4 aromatic rings. The van der Waals surface area contributed by atoms with E-state index in [2.05, 4.69) is 9.97 Å². The van der Waals surface area contributed by atoms with Crippen LogP contribution in [0.5, 0.6) is 0 Å². The Balaban J connectivity index is 1.19. The van der Waals surface area contributed by atoms with Crippen molar-refractivity contribution in [2.45, 2.75) is 19.3 Å². The summed E-state index contributed by atoms with van der Waals surface area (Å²) in [5.41, 5.74) is 3.20. The van der Waals surface area contributed by atoms with Crippen LogP contribution in [0.25, 0.3) is 11.3 Å². The van der Waals surface area contributed by atoms with Crippen molar-refractivity contribution in [1.29, 1.82) is 0 Å². The van der Waals surface area contributed by atoms with Gasteiger partial charge < -0.3 is 18.6 Å². The number of nitrogens with zero attached hydrogens (tertiary/aromatic N) is 6. The number of carbonyl (C=O) groups excluding carboxylic acids is 2. The molecular formula is C23H24N6O2. The number of fused-ring (bicyclic) bond motifs is 2. The summed E-state index contributed by atoms with van der Waals surface area (Å²) in [6.45, 7) is 2.40. The van der Waals surface area contributed by atoms with Gasteiger partial charge >= 0.3 is 0 Å². The standard InChI is InChI=1S/C23H24N6O2/c30-22(14-18-16-28-8-3-1-6-20(28)24-18)26-10-5-11-27(13-12-26)23(31)15-19-17-29-9-4-2-7-21(29)25-19/h1-4,6-9,16-17H,5,10-15H2. The topological polar surface area (TPSA) is 75.2 Å². The monoisotopic (exact) mass is 416 g/mol. The van der Waals surface area contributed by atoms with Gasteiger partial charge in [-0.1, -0.05) is 12.1 Å². The molecule has 1 saturated heterocycles. The van der Waals surface area contributed by atoms with Crippen LogP contribution in [0.2, 0.25) is 0 Å². The van der Waals surface area contributed by atoms with E-state index < -0.39 is 0 Å². The Morgan fingerprint density at radius 1 is 0.710 bits per heavy atom. The van der Waals surface area contributed by atoms with E-state index in [9.17, 15) is 9.59 Å². The van der Waals surface area contributed by atoms with Crippen molar-refractivity contribution in [1.82, 2.24) is 28.6 Å². The van der Waals surface area contributed by atoms with Crippen LogP contribution in [-0.2, 0) is 22.4 Å². The van der Waals surface area contributed by atoms with E-state index in [0.717, 1.165) is 29.1 Å². The van der Waals surface area contributed by atoms with Crippen LogP contribution in [0, 0.1) is 0 Å². The molecule has 0 aromatic carbocycles. The lowest BCUT2D eigenvalue weighted by atomic mass is 10.3. The minimum absolute atomic E-state index is 0.0538. The molecule has 1 aliphatic heterocycles. The van der Waals surface area contributed by atoms with Crippen molar-refractivity contribution >= 4 is 23.1 Å². The Morgan fingerprint density at radius 2 is 1.19 bits per heavy atom. The lowest BCUT2D eigenvalue weighted by Gasteiger charge is -2.22. The largest absolute Gasteiger partial charge is 0.341 e. The number of carbonyl (C=O) groups is 2. The van der Waals surface area contributed by atoms with Gasteiger partial charge in [0, 0.05) is 51.0 Å². The molecule has 158 valence electrons. The van der Waals surface area contributed by atoms with Gasteiger partial charge in [0.1, 0.15) is 11.3 Å². The number of aromatic nitrogens is 4. The van der Waals surface area contributed by atoms with Crippen molar-refractivity contribution < 1.29 is 9.59 Å². The third kappa shape index (κ3) is 4.14. The molecule has 0 radical (unpaired) electrons. The maximum absolute atomic E-state index is 12.8. The highest BCUT2D eigenvalue weighted by Crippen LogP contribution is 2.11. The second-order valence-electron chi connectivity index (χ2n) is 7.87. The molecule has 0 spiro atoms. The molecule has 0 atom stereocenters. The first-order valence-electron chi connectivity index (χ1n) is 10.6. The molecule has 0 bridgehead atoms. The number of rotatable bonds is 4. The summed E-state index contributed by atoms with van der Waals surface area (Å²) in [4.78, 5) is 38.4. The molecule has 0 N–H and O–H groups in total. The molecule has 1 aliphatic rings. The average molecular weight is 416 g/mol. The van der Waals surface area contributed by atoms with Crippen molar-refractivity contribution in [3.05, 3.63) is 72.6 Å². The maximum Gasteiger partial charge on any atom is 0.228 e. The predicted molar refractivity (Wildman–Crippen MR) is 116 cm³/mol. The van der Waals surface area contributed by atoms with Crippen molar-refractivity contribution in [2.24, 2.45) is 0 Å². The molecule has 31 heavy (non-hydrogen) atoms. The fourth-order valence-electron chi connectivity index (χ4n) is 4.09. The number of pyridine rings is 2. The summed E-state index contributed by atoms with van der Waals surface area (Å²) in [5.74, 6) is 0.108. The van der Waals surface area contributed by atoms with E-state index in [1.807, 2.05) is 79.8 Å². The molecule has 5 rings (SSSR count). The van der Waals surface area contributed by atoms with Gasteiger partial charge in [-0.25, -0.2) is 9.97 Å². The van der Waals surface area contributed by atoms with Gasteiger partial charge in [-0.15, -0.1) is 0 Å². The van der Waals surface area contributed by atoms with Gasteiger partial charge in [-0.05, 0) is 30.7 Å². The molecule has 1 fully saturated rings. The van der Waals surface area contributed by atoms with Gasteiger partial charge in [-0.3, -0.25) is 9.59 Å². The van der Waals surface area contributed by atoms with Gasteiger partial charge in [0.25, 0.3) is 0 Å². The third-order valence-electron chi connectivity index (χ3n) is 5.69. The smallest absolute Gasteiger partial charge is 0.228 e. The Bertz CT molecular complexity index is 1080. The Kier molecular flexibility index (Phi) is 5.11. The number of imidazole rings is 2. The summed E-state index contributed by atoms with van der Waals surface area (Å²) in [7, 11) is 0. The second kappa shape index (κ2) is 8.22. The Morgan fingerprint density at radius 3 is 1.65 bits per heavy atom. The summed E-state index contributed by atoms with van der Waals surface area (Å²) in [6, 6.07) is 11.6. The van der Waals surface area contributed by atoms with Crippen LogP contribution in [-0.4, -0.2) is 66.6 Å². The molecule has 2 amide bonds. The lowest BCUT2D eigenvalue weighted by molar-refractivity contribution is -0.132. The lowest BCUT2D eigenvalue weighted by Crippen LogP contribution is -2.38. The molecule has 5 heterocycles. The Labute approximate surface area is 179 Å². The van der Waals surface area contributed by atoms with E-state index in [4.69, 9.17) is 0 Å². The predicted octanol–water partition coefficient (Wildman–Crippen LogP) is 1.83. The van der Waals surface area contributed by atoms with Crippen molar-refractivity contribution in [2.75, 3.05) is 26.2 Å². The molecule has 0 unspecified atom stereocenters. The molecule has 8 heteroatoms. The first-order chi connectivity index (χ1) is 15.2. The SMILES string of the molecule is O=C(Cc1cn2ccccc2n1)N1CCCN(C(=O)Cc2cn3ccccc3n2)CC1. The third-order valence-corrected chi connectivity index (χ3v) is 5.69. The van der Waals surface area contributed by atoms with Crippen LogP contribution in [0.3, 0.4) is 0 Å². The summed E-state index contributed by atoms with van der Waals surface area (Å²) < 4.78 is 3.84. The molecule has 0 aliphatic carbocycles. The van der Waals surface area contributed by atoms with Gasteiger partial charge in [0.05, 0.1) is 24.2 Å². The minimum Gasteiger partial charge on any atom is -0.341 e. The second-order valence-corrected chi connectivity index (χ2v) is 7.87. The summed E-state index contributed by atoms with van der Waals surface area (Å²) in [5, 5.41) is 0. The van der Waals surface area contributed by atoms with Gasteiger partial charge in [-0.2, -0.15) is 0 Å². The van der Waals surface area contributed by atoms with Crippen molar-refractivity contribution in [3.8, 4) is 0 Å². The van der Waals surface area contributed by atoms with E-state index in [1.54, 1.807) is 0 Å². The zero-order chi connectivity index (χ0) is 21.2. The normalized spacial score (nSPS) is 14.8. The van der Waals surface area contributed by atoms with E-state index in [-0.39, 0.29) is 24.7 Å². The Hall–Kier alpha value is -3.68. The van der Waals surface area contributed by atoms with Crippen LogP contribution in [0.4, 0.5) is 0 Å². The molecule has 4 aromatic heterocycles. The fraction of sp³-hybridized carbons (Fsp3) is 0.304. The van der Waals surface area contributed by atoms with Crippen LogP contribution < -0.4 is 0 Å². The molecular weight excluding hydrogens is 392 g/mol.